The Balaban J connectivity index is 1.74. The maximum absolute atomic E-state index is 9.82. The highest BCUT2D eigenvalue weighted by atomic mass is 16.3. The van der Waals surface area contributed by atoms with E-state index in [-0.39, 0.29) is 12.6 Å². The van der Waals surface area contributed by atoms with Crippen LogP contribution in [0.1, 0.15) is 17.2 Å². The van der Waals surface area contributed by atoms with E-state index in [2.05, 4.69) is 72.0 Å². The van der Waals surface area contributed by atoms with Crippen molar-refractivity contribution in [3.8, 4) is 0 Å². The zero-order chi connectivity index (χ0) is 17.1. The first-order valence-electron chi connectivity index (χ1n) is 8.65. The molecule has 0 radical (unpaired) electrons. The number of rotatable bonds is 5. The maximum Gasteiger partial charge on any atom is 0.0626 e. The zero-order valence-electron chi connectivity index (χ0n) is 14.0. The van der Waals surface area contributed by atoms with Crippen molar-refractivity contribution >= 4 is 21.5 Å². The first kappa shape index (κ1) is 15.8. The van der Waals surface area contributed by atoms with Crippen LogP contribution in [0.2, 0.25) is 0 Å². The number of nitrogens with one attached hydrogen (secondary N) is 1. The molecule has 2 N–H and O–H groups in total. The topological polar surface area (TPSA) is 32.3 Å². The second kappa shape index (κ2) is 7.06. The van der Waals surface area contributed by atoms with Crippen LogP contribution in [0.15, 0.2) is 84.9 Å². The van der Waals surface area contributed by atoms with Crippen molar-refractivity contribution in [1.29, 1.82) is 0 Å². The van der Waals surface area contributed by atoms with Crippen LogP contribution in [0.25, 0.3) is 21.5 Å². The van der Waals surface area contributed by atoms with Crippen LogP contribution in [0.5, 0.6) is 0 Å². The summed E-state index contributed by atoms with van der Waals surface area (Å²) >= 11 is 0. The minimum absolute atomic E-state index is 0.0704. The first-order chi connectivity index (χ1) is 12.4. The number of benzene rings is 4. The predicted octanol–water partition coefficient (Wildman–Crippen LogP) is 4.82. The highest BCUT2D eigenvalue weighted by Crippen LogP contribution is 2.29. The molecule has 0 saturated carbocycles. The fraction of sp³-hybridized carbons (Fsp3) is 0.130. The van der Waals surface area contributed by atoms with E-state index in [1.165, 1.54) is 27.1 Å². The molecule has 4 aromatic rings. The number of aliphatic hydroxyl groups excluding tert-OH is 1. The highest BCUT2D eigenvalue weighted by molar-refractivity contribution is 6.02. The molecule has 0 amide bonds. The van der Waals surface area contributed by atoms with E-state index < -0.39 is 0 Å². The van der Waals surface area contributed by atoms with Gasteiger partial charge >= 0.3 is 0 Å². The van der Waals surface area contributed by atoms with Gasteiger partial charge in [0.05, 0.1) is 12.6 Å². The highest BCUT2D eigenvalue weighted by Gasteiger charge is 2.12. The van der Waals surface area contributed by atoms with Crippen LogP contribution < -0.4 is 5.32 Å². The molecular weight excluding hydrogens is 306 g/mol. The van der Waals surface area contributed by atoms with Crippen molar-refractivity contribution in [2.24, 2.45) is 0 Å². The van der Waals surface area contributed by atoms with Gasteiger partial charge in [-0.05, 0) is 38.7 Å². The second-order valence-corrected chi connectivity index (χ2v) is 6.32. The quantitative estimate of drug-likeness (QED) is 0.515. The van der Waals surface area contributed by atoms with Gasteiger partial charge in [-0.1, -0.05) is 78.9 Å². The van der Waals surface area contributed by atoms with Gasteiger partial charge in [-0.3, -0.25) is 0 Å². The lowest BCUT2D eigenvalue weighted by Gasteiger charge is -2.19. The summed E-state index contributed by atoms with van der Waals surface area (Å²) in [6, 6.07) is 29.3. The molecule has 0 aliphatic carbocycles. The molecule has 2 nitrogen and oxygen atoms in total. The molecule has 2 heteroatoms. The van der Waals surface area contributed by atoms with Crippen LogP contribution in [0.3, 0.4) is 0 Å². The average molecular weight is 327 g/mol. The summed E-state index contributed by atoms with van der Waals surface area (Å²) in [7, 11) is 0. The van der Waals surface area contributed by atoms with Gasteiger partial charge in [-0.25, -0.2) is 0 Å². The van der Waals surface area contributed by atoms with Gasteiger partial charge in [0.1, 0.15) is 0 Å². The molecule has 0 aliphatic rings. The summed E-state index contributed by atoms with van der Waals surface area (Å²) in [4.78, 5) is 0. The fourth-order valence-corrected chi connectivity index (χ4v) is 3.50. The Hall–Kier alpha value is -2.68. The van der Waals surface area contributed by atoms with Gasteiger partial charge < -0.3 is 10.4 Å². The molecule has 0 bridgehead atoms. The van der Waals surface area contributed by atoms with Gasteiger partial charge in [-0.2, -0.15) is 0 Å². The Morgan fingerprint density at radius 3 is 1.88 bits per heavy atom. The summed E-state index contributed by atoms with van der Waals surface area (Å²) in [6.07, 6.45) is 0. The minimum Gasteiger partial charge on any atom is -0.394 e. The molecule has 0 fully saturated rings. The lowest BCUT2D eigenvalue weighted by Crippen LogP contribution is -2.24. The van der Waals surface area contributed by atoms with Gasteiger partial charge in [0, 0.05) is 6.54 Å². The Labute approximate surface area is 147 Å². The molecule has 0 heterocycles. The van der Waals surface area contributed by atoms with Gasteiger partial charge in [0.25, 0.3) is 0 Å². The lowest BCUT2D eigenvalue weighted by atomic mass is 9.96. The molecule has 4 rings (SSSR count). The Morgan fingerprint density at radius 2 is 1.28 bits per heavy atom. The van der Waals surface area contributed by atoms with E-state index in [9.17, 15) is 5.11 Å². The third kappa shape index (κ3) is 3.14. The number of hydrogen-bond donors (Lipinski definition) is 2. The lowest BCUT2D eigenvalue weighted by molar-refractivity contribution is 0.244. The van der Waals surface area contributed by atoms with Crippen molar-refractivity contribution in [2.75, 3.05) is 6.61 Å². The molecule has 0 spiro atoms. The van der Waals surface area contributed by atoms with Crippen LogP contribution in [0, 0.1) is 0 Å². The van der Waals surface area contributed by atoms with Crippen molar-refractivity contribution < 1.29 is 5.11 Å². The third-order valence-electron chi connectivity index (χ3n) is 4.79. The molecule has 0 aliphatic heterocycles. The molecule has 4 aromatic carbocycles. The Bertz CT molecular complexity index is 940. The molecule has 25 heavy (non-hydrogen) atoms. The first-order valence-corrected chi connectivity index (χ1v) is 8.65. The zero-order valence-corrected chi connectivity index (χ0v) is 14.0. The molecule has 124 valence electrons. The number of aliphatic hydroxyl groups is 1. The molecular formula is C23H21NO. The van der Waals surface area contributed by atoms with Crippen molar-refractivity contribution in [3.63, 3.8) is 0 Å². The number of hydrogen-bond acceptors (Lipinski definition) is 2. The molecule has 1 atom stereocenters. The fourth-order valence-electron chi connectivity index (χ4n) is 3.50. The SMILES string of the molecule is OCC(NCc1c2ccccc2cc2ccccc12)c1ccccc1. The smallest absolute Gasteiger partial charge is 0.0626 e. The van der Waals surface area contributed by atoms with E-state index >= 15 is 0 Å². The molecule has 0 aromatic heterocycles. The van der Waals surface area contributed by atoms with Crippen molar-refractivity contribution in [2.45, 2.75) is 12.6 Å². The van der Waals surface area contributed by atoms with Gasteiger partial charge in [-0.15, -0.1) is 0 Å². The van der Waals surface area contributed by atoms with Crippen LogP contribution >= 0.6 is 0 Å². The third-order valence-corrected chi connectivity index (χ3v) is 4.79. The van der Waals surface area contributed by atoms with E-state index in [1.54, 1.807) is 0 Å². The largest absolute Gasteiger partial charge is 0.394 e. The predicted molar refractivity (Wildman–Crippen MR) is 105 cm³/mol. The number of fused-ring (bicyclic) bond motifs is 2. The Morgan fingerprint density at radius 1 is 0.720 bits per heavy atom. The van der Waals surface area contributed by atoms with E-state index in [0.717, 1.165) is 5.56 Å². The summed E-state index contributed by atoms with van der Waals surface area (Å²) in [5.41, 5.74) is 2.39. The van der Waals surface area contributed by atoms with E-state index in [1.807, 2.05) is 18.2 Å². The monoisotopic (exact) mass is 327 g/mol. The summed E-state index contributed by atoms with van der Waals surface area (Å²) in [6.45, 7) is 0.786. The normalized spacial score (nSPS) is 12.5. The van der Waals surface area contributed by atoms with Crippen molar-refractivity contribution in [3.05, 3.63) is 96.1 Å². The van der Waals surface area contributed by atoms with Crippen LogP contribution in [-0.4, -0.2) is 11.7 Å². The molecule has 0 saturated heterocycles. The Kier molecular flexibility index (Phi) is 4.47. The van der Waals surface area contributed by atoms with Gasteiger partial charge in [0.2, 0.25) is 0 Å². The van der Waals surface area contributed by atoms with Gasteiger partial charge in [0.15, 0.2) is 0 Å². The summed E-state index contributed by atoms with van der Waals surface area (Å²) < 4.78 is 0. The second-order valence-electron chi connectivity index (χ2n) is 6.32. The maximum atomic E-state index is 9.82. The van der Waals surface area contributed by atoms with E-state index in [0.29, 0.717) is 6.54 Å². The molecule has 1 unspecified atom stereocenters. The minimum atomic E-state index is -0.0704. The standard InChI is InChI=1S/C23H21NO/c25-16-23(17-8-2-1-3-9-17)24-15-22-20-12-6-4-10-18(20)14-19-11-5-7-13-21(19)22/h1-14,23-25H,15-16H2. The summed E-state index contributed by atoms with van der Waals surface area (Å²) in [5.74, 6) is 0. The van der Waals surface area contributed by atoms with E-state index in [4.69, 9.17) is 0 Å². The summed E-state index contributed by atoms with van der Waals surface area (Å²) in [5, 5.41) is 18.4. The average Bonchev–Trinajstić information content (AvgIpc) is 2.68. The van der Waals surface area contributed by atoms with Crippen LogP contribution in [-0.2, 0) is 6.54 Å². The van der Waals surface area contributed by atoms with Crippen LogP contribution in [0.4, 0.5) is 0 Å². The van der Waals surface area contributed by atoms with Crippen molar-refractivity contribution in [1.82, 2.24) is 5.32 Å².